The molecule has 0 radical (unpaired) electrons. The van der Waals surface area contributed by atoms with Gasteiger partial charge in [-0.3, -0.25) is 4.79 Å². The lowest BCUT2D eigenvalue weighted by molar-refractivity contribution is -0.123. The highest BCUT2D eigenvalue weighted by atomic mass is 35.5. The Morgan fingerprint density at radius 2 is 1.96 bits per heavy atom. The summed E-state index contributed by atoms with van der Waals surface area (Å²) in [5.74, 6) is 1.33. The van der Waals surface area contributed by atoms with Gasteiger partial charge >= 0.3 is 0 Å². The monoisotopic (exact) mass is 376 g/mol. The Morgan fingerprint density at radius 3 is 2.69 bits per heavy atom. The molecule has 0 aliphatic carbocycles. The molecule has 26 heavy (non-hydrogen) atoms. The van der Waals surface area contributed by atoms with Crippen LogP contribution in [0.4, 0.5) is 0 Å². The highest BCUT2D eigenvalue weighted by Gasteiger charge is 2.06. The number of rotatable bonds is 9. The number of nitrogens with one attached hydrogen (secondary N) is 1. The molecule has 2 aromatic carbocycles. The molecule has 7 heteroatoms. The van der Waals surface area contributed by atoms with Gasteiger partial charge in [-0.2, -0.15) is 5.10 Å². The minimum Gasteiger partial charge on any atom is -0.493 e. The summed E-state index contributed by atoms with van der Waals surface area (Å²) in [6, 6.07) is 12.3. The highest BCUT2D eigenvalue weighted by molar-refractivity contribution is 6.32. The van der Waals surface area contributed by atoms with Gasteiger partial charge in [0.2, 0.25) is 0 Å². The fraction of sp³-hybridized carbons (Fsp3) is 0.263. The van der Waals surface area contributed by atoms with Crippen molar-refractivity contribution >= 4 is 23.7 Å². The Labute approximate surface area is 157 Å². The lowest BCUT2D eigenvalue weighted by Crippen LogP contribution is -2.24. The molecule has 138 valence electrons. The first-order valence-corrected chi connectivity index (χ1v) is 8.52. The van der Waals surface area contributed by atoms with Gasteiger partial charge in [0, 0.05) is 0 Å². The summed E-state index contributed by atoms with van der Waals surface area (Å²) in [6.45, 7) is 2.43. The minimum absolute atomic E-state index is 0.186. The van der Waals surface area contributed by atoms with Gasteiger partial charge in [-0.1, -0.05) is 30.7 Å². The van der Waals surface area contributed by atoms with E-state index in [1.165, 1.54) is 6.21 Å². The Balaban J connectivity index is 1.89. The van der Waals surface area contributed by atoms with Gasteiger partial charge in [0.25, 0.3) is 5.91 Å². The largest absolute Gasteiger partial charge is 0.493 e. The summed E-state index contributed by atoms with van der Waals surface area (Å²) in [7, 11) is 1.58. The van der Waals surface area contributed by atoms with Crippen LogP contribution >= 0.6 is 11.6 Å². The minimum atomic E-state index is -0.392. The van der Waals surface area contributed by atoms with Crippen molar-refractivity contribution in [2.24, 2.45) is 5.10 Å². The predicted molar refractivity (Wildman–Crippen MR) is 101 cm³/mol. The number of methoxy groups -OCH3 is 1. The van der Waals surface area contributed by atoms with Crippen LogP contribution in [0.3, 0.4) is 0 Å². The second-order valence-corrected chi connectivity index (χ2v) is 5.68. The molecule has 0 spiro atoms. The summed E-state index contributed by atoms with van der Waals surface area (Å²) >= 11 is 5.96. The second-order valence-electron chi connectivity index (χ2n) is 5.27. The van der Waals surface area contributed by atoms with E-state index in [1.54, 1.807) is 43.5 Å². The average molecular weight is 377 g/mol. The maximum Gasteiger partial charge on any atom is 0.277 e. The number of carbonyl (C=O) groups excluding carboxylic acids is 1. The van der Waals surface area contributed by atoms with E-state index in [1.807, 2.05) is 13.0 Å². The molecule has 1 amide bonds. The molecule has 0 aliphatic rings. The first-order valence-electron chi connectivity index (χ1n) is 8.14. The SMILES string of the molecule is CCCOc1cc(/C=N\NC(=O)COc2ccccc2Cl)ccc1OC. The topological polar surface area (TPSA) is 69.2 Å². The van der Waals surface area contributed by atoms with Crippen LogP contribution in [0.25, 0.3) is 0 Å². The third-order valence-corrected chi connectivity index (χ3v) is 3.56. The van der Waals surface area contributed by atoms with Crippen molar-refractivity contribution in [3.05, 3.63) is 53.1 Å². The van der Waals surface area contributed by atoms with Gasteiger partial charge in [-0.05, 0) is 42.3 Å². The number of hydrogen-bond acceptors (Lipinski definition) is 5. The molecule has 0 aliphatic heterocycles. The van der Waals surface area contributed by atoms with Crippen LogP contribution in [0.5, 0.6) is 17.2 Å². The molecular weight excluding hydrogens is 356 g/mol. The summed E-state index contributed by atoms with van der Waals surface area (Å²) in [5.41, 5.74) is 3.17. The smallest absolute Gasteiger partial charge is 0.277 e. The molecule has 0 heterocycles. The van der Waals surface area contributed by atoms with Gasteiger partial charge in [-0.25, -0.2) is 5.43 Å². The van der Waals surface area contributed by atoms with E-state index in [0.29, 0.717) is 28.9 Å². The number of para-hydroxylation sites is 1. The molecular formula is C19H21ClN2O4. The van der Waals surface area contributed by atoms with Crippen LogP contribution in [0, 0.1) is 0 Å². The van der Waals surface area contributed by atoms with Crippen molar-refractivity contribution in [2.45, 2.75) is 13.3 Å². The fourth-order valence-electron chi connectivity index (χ4n) is 2.01. The number of amides is 1. The van der Waals surface area contributed by atoms with E-state index in [4.69, 9.17) is 25.8 Å². The quantitative estimate of drug-likeness (QED) is 0.535. The molecule has 0 saturated heterocycles. The van der Waals surface area contributed by atoms with Crippen LogP contribution in [0.1, 0.15) is 18.9 Å². The number of hydrogen-bond donors (Lipinski definition) is 1. The van der Waals surface area contributed by atoms with Crippen molar-refractivity contribution in [3.63, 3.8) is 0 Å². The number of hydrazone groups is 1. The molecule has 1 N–H and O–H groups in total. The number of carbonyl (C=O) groups is 1. The van der Waals surface area contributed by atoms with E-state index < -0.39 is 5.91 Å². The second kappa shape index (κ2) is 10.3. The van der Waals surface area contributed by atoms with Gasteiger partial charge in [0.1, 0.15) is 5.75 Å². The molecule has 6 nitrogen and oxygen atoms in total. The summed E-state index contributed by atoms with van der Waals surface area (Å²) in [5, 5.41) is 4.37. The van der Waals surface area contributed by atoms with Crippen molar-refractivity contribution in [1.29, 1.82) is 0 Å². The lowest BCUT2D eigenvalue weighted by Gasteiger charge is -2.10. The molecule has 0 atom stereocenters. The maximum atomic E-state index is 11.8. The van der Waals surface area contributed by atoms with Crippen LogP contribution in [-0.2, 0) is 4.79 Å². The number of ether oxygens (including phenoxy) is 3. The molecule has 0 unspecified atom stereocenters. The van der Waals surface area contributed by atoms with Crippen molar-refractivity contribution < 1.29 is 19.0 Å². The summed E-state index contributed by atoms with van der Waals surface area (Å²) in [4.78, 5) is 11.8. The van der Waals surface area contributed by atoms with Crippen molar-refractivity contribution in [2.75, 3.05) is 20.3 Å². The van der Waals surface area contributed by atoms with Crippen LogP contribution in [0.15, 0.2) is 47.6 Å². The average Bonchev–Trinajstić information content (AvgIpc) is 2.66. The van der Waals surface area contributed by atoms with E-state index in [0.717, 1.165) is 12.0 Å². The molecule has 2 aromatic rings. The zero-order chi connectivity index (χ0) is 18.8. The standard InChI is InChI=1S/C19H21ClN2O4/c1-3-10-25-18-11-14(8-9-17(18)24-2)12-21-22-19(23)13-26-16-7-5-4-6-15(16)20/h4-9,11-12H,3,10,13H2,1-2H3,(H,22,23)/b21-12-. The van der Waals surface area contributed by atoms with E-state index >= 15 is 0 Å². The number of nitrogens with zero attached hydrogens (tertiary/aromatic N) is 1. The number of halogens is 1. The van der Waals surface area contributed by atoms with E-state index in [-0.39, 0.29) is 6.61 Å². The Morgan fingerprint density at radius 1 is 1.15 bits per heavy atom. The summed E-state index contributed by atoms with van der Waals surface area (Å²) < 4.78 is 16.2. The predicted octanol–water partition coefficient (Wildman–Crippen LogP) is 3.67. The normalized spacial score (nSPS) is 10.6. The first kappa shape index (κ1) is 19.6. The fourth-order valence-corrected chi connectivity index (χ4v) is 2.20. The van der Waals surface area contributed by atoms with Crippen LogP contribution in [-0.4, -0.2) is 32.4 Å². The highest BCUT2D eigenvalue weighted by Crippen LogP contribution is 2.27. The molecule has 0 fully saturated rings. The molecule has 0 saturated carbocycles. The lowest BCUT2D eigenvalue weighted by atomic mass is 10.2. The molecule has 0 aromatic heterocycles. The van der Waals surface area contributed by atoms with Crippen molar-refractivity contribution in [3.8, 4) is 17.2 Å². The third kappa shape index (κ3) is 5.97. The summed E-state index contributed by atoms with van der Waals surface area (Å²) in [6.07, 6.45) is 2.41. The first-order chi connectivity index (χ1) is 12.6. The van der Waals surface area contributed by atoms with E-state index in [2.05, 4.69) is 10.5 Å². The zero-order valence-corrected chi connectivity index (χ0v) is 15.5. The number of benzene rings is 2. The van der Waals surface area contributed by atoms with Gasteiger partial charge in [0.15, 0.2) is 18.1 Å². The Bertz CT molecular complexity index is 765. The van der Waals surface area contributed by atoms with E-state index in [9.17, 15) is 4.79 Å². The third-order valence-electron chi connectivity index (χ3n) is 3.25. The Kier molecular flexibility index (Phi) is 7.76. The van der Waals surface area contributed by atoms with Crippen LogP contribution in [0.2, 0.25) is 5.02 Å². The molecule has 0 bridgehead atoms. The van der Waals surface area contributed by atoms with Gasteiger partial charge in [-0.15, -0.1) is 0 Å². The van der Waals surface area contributed by atoms with Crippen molar-refractivity contribution in [1.82, 2.24) is 5.43 Å². The Hall–Kier alpha value is -2.73. The maximum absolute atomic E-state index is 11.8. The molecule has 2 rings (SSSR count). The van der Waals surface area contributed by atoms with Gasteiger partial charge < -0.3 is 14.2 Å². The van der Waals surface area contributed by atoms with Gasteiger partial charge in [0.05, 0.1) is 25.0 Å². The van der Waals surface area contributed by atoms with Crippen LogP contribution < -0.4 is 19.6 Å². The zero-order valence-electron chi connectivity index (χ0n) is 14.7.